The van der Waals surface area contributed by atoms with E-state index in [1.165, 1.54) is 0 Å². The molecule has 1 aliphatic carbocycles. The van der Waals surface area contributed by atoms with Gasteiger partial charge in [0.2, 0.25) is 0 Å². The van der Waals surface area contributed by atoms with Crippen molar-refractivity contribution in [2.24, 2.45) is 11.8 Å². The molecule has 6 heteroatoms. The van der Waals surface area contributed by atoms with Gasteiger partial charge in [-0.3, -0.25) is 4.90 Å². The van der Waals surface area contributed by atoms with Crippen molar-refractivity contribution < 1.29 is 9.53 Å². The summed E-state index contributed by atoms with van der Waals surface area (Å²) in [5.74, 6) is -0.00823. The smallest absolute Gasteiger partial charge is 0.415 e. The summed E-state index contributed by atoms with van der Waals surface area (Å²) in [6, 6.07) is 4.22. The maximum atomic E-state index is 12.6. The lowest BCUT2D eigenvalue weighted by atomic mass is 9.79. The van der Waals surface area contributed by atoms with Crippen LogP contribution in [0.3, 0.4) is 0 Å². The number of rotatable bonds is 1. The molecule has 0 spiro atoms. The van der Waals surface area contributed by atoms with E-state index in [2.05, 4.69) is 34.7 Å². The monoisotopic (exact) mass is 437 g/mol. The molecule has 0 aromatic rings. The molecule has 0 N–H and O–H groups in total. The molecular formula is C18H20IN3O2. The summed E-state index contributed by atoms with van der Waals surface area (Å²) in [5, 5.41) is 18.6. The number of hydrogen-bond donors (Lipinski definition) is 0. The Balaban J connectivity index is 2.29. The molecule has 126 valence electrons. The van der Waals surface area contributed by atoms with Crippen LogP contribution in [-0.2, 0) is 4.74 Å². The fourth-order valence-corrected chi connectivity index (χ4v) is 4.20. The molecule has 0 aromatic carbocycles. The lowest BCUT2D eigenvalue weighted by molar-refractivity contribution is 0.0264. The Hall–Kier alpha value is -1.80. The number of ether oxygens (including phenoxy) is 1. The van der Waals surface area contributed by atoms with Crippen LogP contribution in [0.5, 0.6) is 0 Å². The minimum absolute atomic E-state index is 0.0870. The van der Waals surface area contributed by atoms with Gasteiger partial charge in [-0.25, -0.2) is 4.79 Å². The number of carbonyl (C=O) groups excluding carboxylic acids is 1. The Kier molecular flexibility index (Phi) is 5.39. The van der Waals surface area contributed by atoms with E-state index in [1.807, 2.05) is 39.8 Å². The highest BCUT2D eigenvalue weighted by molar-refractivity contribution is 14.1. The van der Waals surface area contributed by atoms with Crippen LogP contribution < -0.4 is 0 Å². The number of halogens is 1. The molecule has 0 radical (unpaired) electrons. The molecular weight excluding hydrogens is 417 g/mol. The summed E-state index contributed by atoms with van der Waals surface area (Å²) in [5.41, 5.74) is 0.656. The number of allylic oxidation sites excluding steroid dienone is 4. The van der Waals surface area contributed by atoms with Crippen LogP contribution in [0.25, 0.3) is 0 Å². The van der Waals surface area contributed by atoms with Gasteiger partial charge in [0.05, 0.1) is 21.4 Å². The predicted octanol–water partition coefficient (Wildman–Crippen LogP) is 4.44. The molecule has 5 nitrogen and oxygen atoms in total. The summed E-state index contributed by atoms with van der Waals surface area (Å²) in [7, 11) is 0. The highest BCUT2D eigenvalue weighted by atomic mass is 127. The highest BCUT2D eigenvalue weighted by Gasteiger charge is 2.45. The Labute approximate surface area is 156 Å². The molecule has 0 saturated heterocycles. The SMILES string of the molecule is CC1C(C2C=CC(C#N)=CC2)C(C#N)=C(I)N1C(=O)OC(C)(C)C. The van der Waals surface area contributed by atoms with E-state index in [0.717, 1.165) is 0 Å². The van der Waals surface area contributed by atoms with Gasteiger partial charge < -0.3 is 4.74 Å². The second-order valence-electron chi connectivity index (χ2n) is 6.96. The first-order chi connectivity index (χ1) is 11.2. The van der Waals surface area contributed by atoms with E-state index < -0.39 is 11.7 Å². The zero-order valence-electron chi connectivity index (χ0n) is 14.2. The number of nitrogens with zero attached hydrogens (tertiary/aromatic N) is 3. The molecule has 3 unspecified atom stereocenters. The first-order valence-corrected chi connectivity index (χ1v) is 8.88. The van der Waals surface area contributed by atoms with Crippen molar-refractivity contribution in [2.45, 2.75) is 45.8 Å². The minimum Gasteiger partial charge on any atom is -0.443 e. The molecule has 24 heavy (non-hydrogen) atoms. The Morgan fingerprint density at radius 3 is 2.50 bits per heavy atom. The molecule has 0 saturated carbocycles. The highest BCUT2D eigenvalue weighted by Crippen LogP contribution is 2.44. The third-order valence-corrected chi connectivity index (χ3v) is 5.23. The summed E-state index contributed by atoms with van der Waals surface area (Å²) < 4.78 is 6.12. The summed E-state index contributed by atoms with van der Waals surface area (Å²) >= 11 is 2.05. The van der Waals surface area contributed by atoms with Crippen molar-refractivity contribution >= 4 is 28.7 Å². The standard InChI is InChI=1S/C18H20IN3O2/c1-11-15(13-7-5-12(9-20)6-8-13)14(10-21)16(19)22(11)17(23)24-18(2,3)4/h5-7,11,13,15H,8H2,1-4H3. The molecule has 1 amide bonds. The summed E-state index contributed by atoms with van der Waals surface area (Å²) in [6.45, 7) is 7.41. The molecule has 0 bridgehead atoms. The Morgan fingerprint density at radius 2 is 2.04 bits per heavy atom. The van der Waals surface area contributed by atoms with Crippen molar-refractivity contribution in [3.05, 3.63) is 33.1 Å². The number of nitriles is 2. The minimum atomic E-state index is -0.589. The number of carbonyl (C=O) groups is 1. The zero-order valence-corrected chi connectivity index (χ0v) is 16.4. The fourth-order valence-electron chi connectivity index (χ4n) is 3.08. The van der Waals surface area contributed by atoms with Crippen LogP contribution in [0.4, 0.5) is 4.79 Å². The first-order valence-electron chi connectivity index (χ1n) is 7.80. The van der Waals surface area contributed by atoms with Gasteiger partial charge in [0.25, 0.3) is 0 Å². The molecule has 1 heterocycles. The lowest BCUT2D eigenvalue weighted by Gasteiger charge is -2.31. The largest absolute Gasteiger partial charge is 0.443 e. The molecule has 3 atom stereocenters. The lowest BCUT2D eigenvalue weighted by Crippen LogP contribution is -2.41. The van der Waals surface area contributed by atoms with E-state index >= 15 is 0 Å². The fraction of sp³-hybridized carbons (Fsp3) is 0.500. The Bertz CT molecular complexity index is 716. The van der Waals surface area contributed by atoms with Crippen LogP contribution in [0, 0.1) is 34.5 Å². The summed E-state index contributed by atoms with van der Waals surface area (Å²) in [4.78, 5) is 14.1. The second kappa shape index (κ2) is 6.98. The Morgan fingerprint density at radius 1 is 1.38 bits per heavy atom. The maximum Gasteiger partial charge on any atom is 0.415 e. The van der Waals surface area contributed by atoms with E-state index in [-0.39, 0.29) is 17.9 Å². The van der Waals surface area contributed by atoms with Gasteiger partial charge in [-0.05, 0) is 68.7 Å². The average molecular weight is 437 g/mol. The van der Waals surface area contributed by atoms with Crippen molar-refractivity contribution in [1.82, 2.24) is 4.90 Å². The van der Waals surface area contributed by atoms with Gasteiger partial charge in [0.1, 0.15) is 5.60 Å². The quantitative estimate of drug-likeness (QED) is 0.449. The van der Waals surface area contributed by atoms with Gasteiger partial charge >= 0.3 is 6.09 Å². The van der Waals surface area contributed by atoms with Crippen LogP contribution >= 0.6 is 22.6 Å². The normalized spacial score (nSPS) is 26.7. The van der Waals surface area contributed by atoms with Crippen LogP contribution in [0.2, 0.25) is 0 Å². The van der Waals surface area contributed by atoms with Crippen molar-refractivity contribution in [1.29, 1.82) is 10.5 Å². The van der Waals surface area contributed by atoms with E-state index in [9.17, 15) is 10.1 Å². The molecule has 2 aliphatic rings. The van der Waals surface area contributed by atoms with Gasteiger partial charge in [0.15, 0.2) is 0 Å². The van der Waals surface area contributed by atoms with Crippen LogP contribution in [0.15, 0.2) is 33.1 Å². The van der Waals surface area contributed by atoms with Gasteiger partial charge in [-0.1, -0.05) is 12.2 Å². The van der Waals surface area contributed by atoms with E-state index in [4.69, 9.17) is 10.00 Å². The number of hydrogen-bond acceptors (Lipinski definition) is 4. The third-order valence-electron chi connectivity index (χ3n) is 4.13. The molecule has 0 aromatic heterocycles. The van der Waals surface area contributed by atoms with Crippen LogP contribution in [0.1, 0.15) is 34.1 Å². The topological polar surface area (TPSA) is 77.1 Å². The van der Waals surface area contributed by atoms with Gasteiger partial charge in [0, 0.05) is 17.5 Å². The van der Waals surface area contributed by atoms with Crippen LogP contribution in [-0.4, -0.2) is 22.6 Å². The van der Waals surface area contributed by atoms with Crippen molar-refractivity contribution in [2.75, 3.05) is 0 Å². The second-order valence-corrected chi connectivity index (χ2v) is 7.98. The molecule has 2 rings (SSSR count). The van der Waals surface area contributed by atoms with Crippen molar-refractivity contribution in [3.8, 4) is 12.1 Å². The van der Waals surface area contributed by atoms with Gasteiger partial charge in [-0.15, -0.1) is 0 Å². The average Bonchev–Trinajstić information content (AvgIpc) is 2.76. The third kappa shape index (κ3) is 3.64. The van der Waals surface area contributed by atoms with Crippen molar-refractivity contribution in [3.63, 3.8) is 0 Å². The summed E-state index contributed by atoms with van der Waals surface area (Å²) in [6.07, 6.45) is 5.90. The maximum absolute atomic E-state index is 12.6. The van der Waals surface area contributed by atoms with E-state index in [0.29, 0.717) is 21.3 Å². The number of amides is 1. The molecule has 0 fully saturated rings. The zero-order chi connectivity index (χ0) is 18.1. The first kappa shape index (κ1) is 18.5. The van der Waals surface area contributed by atoms with Gasteiger partial charge in [-0.2, -0.15) is 10.5 Å². The predicted molar refractivity (Wildman–Crippen MR) is 98.6 cm³/mol. The van der Waals surface area contributed by atoms with E-state index in [1.54, 1.807) is 11.0 Å². The molecule has 1 aliphatic heterocycles.